The number of aliphatic hydroxyl groups is 1. The van der Waals surface area contributed by atoms with Gasteiger partial charge >= 0.3 is 6.18 Å². The minimum absolute atomic E-state index is 0.0560. The predicted molar refractivity (Wildman–Crippen MR) is 122 cm³/mol. The van der Waals surface area contributed by atoms with Gasteiger partial charge < -0.3 is 20.5 Å². The number of ether oxygens (including phenoxy) is 1. The lowest BCUT2D eigenvalue weighted by Crippen LogP contribution is -2.63. The molecule has 0 atom stereocenters. The Labute approximate surface area is 204 Å². The number of hydrogen-bond donors (Lipinski definition) is 3. The summed E-state index contributed by atoms with van der Waals surface area (Å²) < 4.78 is 43.6. The number of methoxy groups -OCH3 is 1. The highest BCUT2D eigenvalue weighted by Gasteiger charge is 2.41. The molecule has 35 heavy (non-hydrogen) atoms. The van der Waals surface area contributed by atoms with E-state index >= 15 is 0 Å². The Morgan fingerprint density at radius 2 is 2.00 bits per heavy atom. The molecule has 1 aromatic heterocycles. The normalized spacial score (nSPS) is 23.4. The fraction of sp³-hybridized carbons (Fsp3) is 0.522. The fourth-order valence-corrected chi connectivity index (χ4v) is 5.42. The second-order valence-electron chi connectivity index (χ2n) is 8.94. The maximum Gasteiger partial charge on any atom is 0.416 e. The molecule has 0 spiro atoms. The van der Waals surface area contributed by atoms with Crippen molar-refractivity contribution in [3.63, 3.8) is 0 Å². The van der Waals surface area contributed by atoms with Gasteiger partial charge in [-0.1, -0.05) is 17.4 Å². The molecule has 1 saturated carbocycles. The average Bonchev–Trinajstić information content (AvgIpc) is 3.30. The standard InChI is InChI=1S/C23H27F3N4O4S/c1-34-21-28-10-18(35-21)22(33)7-5-17(6-8-22)30-12-16(13-30)29-19(31)11-27-20(32)14-3-2-4-15(9-14)23(24,25)26/h2-4,9-10,16-17,33H,5-8,11-13H2,1H3,(H,27,32)(H,29,31). The molecule has 2 aromatic rings. The van der Waals surface area contributed by atoms with Crippen molar-refractivity contribution in [3.8, 4) is 5.19 Å². The minimum atomic E-state index is -4.55. The van der Waals surface area contributed by atoms with E-state index in [0.29, 0.717) is 37.2 Å². The number of halogens is 3. The lowest BCUT2D eigenvalue weighted by Gasteiger charge is -2.48. The van der Waals surface area contributed by atoms with E-state index < -0.39 is 29.2 Å². The number of nitrogens with zero attached hydrogens (tertiary/aromatic N) is 2. The molecule has 12 heteroatoms. The average molecular weight is 513 g/mol. The van der Waals surface area contributed by atoms with Crippen LogP contribution in [0, 0.1) is 0 Å². The summed E-state index contributed by atoms with van der Waals surface area (Å²) in [7, 11) is 1.55. The van der Waals surface area contributed by atoms with E-state index in [2.05, 4.69) is 20.5 Å². The number of nitrogens with one attached hydrogen (secondary N) is 2. The van der Waals surface area contributed by atoms with Gasteiger partial charge in [0.1, 0.15) is 5.60 Å². The van der Waals surface area contributed by atoms with Gasteiger partial charge in [-0.3, -0.25) is 14.5 Å². The Kier molecular flexibility index (Phi) is 7.34. The van der Waals surface area contributed by atoms with Gasteiger partial charge in [0.15, 0.2) is 0 Å². The molecule has 8 nitrogen and oxygen atoms in total. The highest BCUT2D eigenvalue weighted by atomic mass is 32.1. The van der Waals surface area contributed by atoms with Crippen LogP contribution < -0.4 is 15.4 Å². The van der Waals surface area contributed by atoms with Gasteiger partial charge in [0.05, 0.1) is 30.1 Å². The van der Waals surface area contributed by atoms with Crippen molar-refractivity contribution in [2.75, 3.05) is 26.7 Å². The van der Waals surface area contributed by atoms with E-state index in [0.717, 1.165) is 35.9 Å². The van der Waals surface area contributed by atoms with E-state index in [1.807, 2.05) is 0 Å². The number of rotatable bonds is 7. The van der Waals surface area contributed by atoms with Crippen LogP contribution in [0.2, 0.25) is 0 Å². The first-order valence-corrected chi connectivity index (χ1v) is 12.1. The third-order valence-electron chi connectivity index (χ3n) is 6.55. The Hall–Kier alpha value is -2.70. The number of likely N-dealkylation sites (tertiary alicyclic amines) is 1. The number of thiazole rings is 1. The molecule has 3 N–H and O–H groups in total. The number of aromatic nitrogens is 1. The van der Waals surface area contributed by atoms with Gasteiger partial charge in [-0.15, -0.1) is 0 Å². The van der Waals surface area contributed by atoms with Crippen LogP contribution in [0.15, 0.2) is 30.5 Å². The van der Waals surface area contributed by atoms with Crippen molar-refractivity contribution in [3.05, 3.63) is 46.5 Å². The summed E-state index contributed by atoms with van der Waals surface area (Å²) in [4.78, 5) is 31.5. The monoisotopic (exact) mass is 512 g/mol. The number of carbonyl (C=O) groups excluding carboxylic acids is 2. The van der Waals surface area contributed by atoms with Crippen LogP contribution in [0.1, 0.15) is 46.5 Å². The van der Waals surface area contributed by atoms with Crippen molar-refractivity contribution in [2.24, 2.45) is 0 Å². The molecule has 2 aliphatic rings. The quantitative estimate of drug-likeness (QED) is 0.527. The first kappa shape index (κ1) is 25.4. The molecule has 2 amide bonds. The first-order valence-electron chi connectivity index (χ1n) is 11.3. The molecule has 4 rings (SSSR count). The Morgan fingerprint density at radius 1 is 1.29 bits per heavy atom. The SMILES string of the molecule is COc1ncc(C2(O)CCC(N3CC(NC(=O)CNC(=O)c4cccc(C(F)(F)F)c4)C3)CC2)s1. The van der Waals surface area contributed by atoms with Crippen molar-refractivity contribution < 1.29 is 32.6 Å². The molecule has 190 valence electrons. The summed E-state index contributed by atoms with van der Waals surface area (Å²) in [6.45, 7) is 1.02. The summed E-state index contributed by atoms with van der Waals surface area (Å²) in [5.41, 5.74) is -1.96. The van der Waals surface area contributed by atoms with Crippen LogP contribution in [0.25, 0.3) is 0 Å². The van der Waals surface area contributed by atoms with Gasteiger partial charge in [0.2, 0.25) is 5.91 Å². The topological polar surface area (TPSA) is 104 Å². The zero-order valence-electron chi connectivity index (χ0n) is 19.1. The maximum atomic E-state index is 12.8. The summed E-state index contributed by atoms with van der Waals surface area (Å²) in [6.07, 6.45) is 0.0192. The molecule has 1 saturated heterocycles. The summed E-state index contributed by atoms with van der Waals surface area (Å²) in [6, 6.07) is 4.32. The highest BCUT2D eigenvalue weighted by Crippen LogP contribution is 2.42. The largest absolute Gasteiger partial charge is 0.473 e. The molecule has 0 radical (unpaired) electrons. The molecule has 0 bridgehead atoms. The predicted octanol–water partition coefficient (Wildman–Crippen LogP) is 2.53. The smallest absolute Gasteiger partial charge is 0.416 e. The second kappa shape index (κ2) is 10.1. The number of amides is 2. The Morgan fingerprint density at radius 3 is 2.63 bits per heavy atom. The van der Waals surface area contributed by atoms with Gasteiger partial charge in [0.25, 0.3) is 11.1 Å². The number of carbonyl (C=O) groups is 2. The first-order chi connectivity index (χ1) is 16.6. The molecule has 2 heterocycles. The van der Waals surface area contributed by atoms with E-state index in [1.54, 1.807) is 13.3 Å². The van der Waals surface area contributed by atoms with Crippen molar-refractivity contribution in [1.82, 2.24) is 20.5 Å². The third kappa shape index (κ3) is 5.93. The molecule has 1 aliphatic heterocycles. The van der Waals surface area contributed by atoms with E-state index in [-0.39, 0.29) is 18.2 Å². The fourth-order valence-electron chi connectivity index (χ4n) is 4.54. The lowest BCUT2D eigenvalue weighted by atomic mass is 9.80. The van der Waals surface area contributed by atoms with E-state index in [1.165, 1.54) is 17.4 Å². The van der Waals surface area contributed by atoms with Crippen molar-refractivity contribution in [2.45, 2.75) is 49.5 Å². The molecule has 2 fully saturated rings. The van der Waals surface area contributed by atoms with Crippen LogP contribution in [0.5, 0.6) is 5.19 Å². The zero-order valence-corrected chi connectivity index (χ0v) is 19.9. The lowest BCUT2D eigenvalue weighted by molar-refractivity contribution is -0.137. The summed E-state index contributed by atoms with van der Waals surface area (Å²) in [5, 5.41) is 16.7. The van der Waals surface area contributed by atoms with Crippen LogP contribution in [0.3, 0.4) is 0 Å². The van der Waals surface area contributed by atoms with E-state index in [4.69, 9.17) is 4.74 Å². The maximum absolute atomic E-state index is 12.8. The molecule has 0 unspecified atom stereocenters. The molecular formula is C23H27F3N4O4S. The number of hydrogen-bond acceptors (Lipinski definition) is 7. The second-order valence-corrected chi connectivity index (χ2v) is 9.93. The van der Waals surface area contributed by atoms with Gasteiger partial charge in [-0.2, -0.15) is 13.2 Å². The molecule has 1 aromatic carbocycles. The molecular weight excluding hydrogens is 485 g/mol. The summed E-state index contributed by atoms with van der Waals surface area (Å²) in [5.74, 6) is -1.14. The summed E-state index contributed by atoms with van der Waals surface area (Å²) >= 11 is 1.36. The van der Waals surface area contributed by atoms with Gasteiger partial charge in [-0.05, 0) is 43.9 Å². The third-order valence-corrected chi connectivity index (χ3v) is 7.70. The van der Waals surface area contributed by atoms with Crippen LogP contribution >= 0.6 is 11.3 Å². The van der Waals surface area contributed by atoms with Crippen LogP contribution in [-0.2, 0) is 16.6 Å². The zero-order chi connectivity index (χ0) is 25.2. The molecule has 1 aliphatic carbocycles. The van der Waals surface area contributed by atoms with Crippen LogP contribution in [0.4, 0.5) is 13.2 Å². The van der Waals surface area contributed by atoms with Gasteiger partial charge in [0, 0.05) is 30.9 Å². The van der Waals surface area contributed by atoms with E-state index in [9.17, 15) is 27.9 Å². The van der Waals surface area contributed by atoms with Crippen LogP contribution in [-0.4, -0.2) is 65.6 Å². The number of benzene rings is 1. The van der Waals surface area contributed by atoms with Crippen molar-refractivity contribution >= 4 is 23.2 Å². The van der Waals surface area contributed by atoms with Gasteiger partial charge in [-0.25, -0.2) is 4.98 Å². The number of alkyl halides is 3. The highest BCUT2D eigenvalue weighted by molar-refractivity contribution is 7.13. The van der Waals surface area contributed by atoms with Crippen molar-refractivity contribution in [1.29, 1.82) is 0 Å². The Bertz CT molecular complexity index is 1060. The Balaban J connectivity index is 1.17. The minimum Gasteiger partial charge on any atom is -0.473 e.